The molecule has 7 nitrogen and oxygen atoms in total. The first-order chi connectivity index (χ1) is 14.6. The number of hydrogen-bond donors (Lipinski definition) is 1. The van der Waals surface area contributed by atoms with Gasteiger partial charge in [-0.1, -0.05) is 24.3 Å². The summed E-state index contributed by atoms with van der Waals surface area (Å²) >= 11 is 0. The first-order valence-electron chi connectivity index (χ1n) is 11.1. The van der Waals surface area contributed by atoms with E-state index in [1.165, 1.54) is 11.1 Å². The Bertz CT molecular complexity index is 869. The van der Waals surface area contributed by atoms with Gasteiger partial charge in [0.25, 0.3) is 0 Å². The first kappa shape index (κ1) is 24.0. The molecule has 0 bridgehead atoms. The lowest BCUT2D eigenvalue weighted by molar-refractivity contribution is -0.00808. The van der Waals surface area contributed by atoms with Gasteiger partial charge in [-0.05, 0) is 31.4 Å². The van der Waals surface area contributed by atoms with Crippen molar-refractivity contribution in [3.05, 3.63) is 53.3 Å². The van der Waals surface area contributed by atoms with E-state index in [2.05, 4.69) is 58.3 Å². The number of nitrogens with one attached hydrogen (secondary N) is 1. The fourth-order valence-corrected chi connectivity index (χ4v) is 4.30. The molecule has 2 unspecified atom stereocenters. The topological polar surface area (TPSA) is 57.9 Å². The van der Waals surface area contributed by atoms with Crippen LogP contribution in [0.1, 0.15) is 36.6 Å². The minimum Gasteiger partial charge on any atom is -0.370 e. The van der Waals surface area contributed by atoms with Crippen molar-refractivity contribution in [2.75, 3.05) is 39.3 Å². The third-order valence-corrected chi connectivity index (χ3v) is 6.09. The number of rotatable bonds is 5. The van der Waals surface area contributed by atoms with Gasteiger partial charge < -0.3 is 15.0 Å². The normalized spacial score (nSPS) is 20.7. The highest BCUT2D eigenvalue weighted by Crippen LogP contribution is 2.22. The molecule has 1 fully saturated rings. The summed E-state index contributed by atoms with van der Waals surface area (Å²) in [6, 6.07) is 9.21. The van der Waals surface area contributed by atoms with Crippen LogP contribution in [0.2, 0.25) is 0 Å². The Morgan fingerprint density at radius 3 is 2.84 bits per heavy atom. The molecule has 1 aromatic carbocycles. The molecule has 0 spiro atoms. The molecule has 0 radical (unpaired) electrons. The lowest BCUT2D eigenvalue weighted by Gasteiger charge is -2.36. The van der Waals surface area contributed by atoms with E-state index in [0.717, 1.165) is 57.2 Å². The third kappa shape index (κ3) is 5.98. The number of benzene rings is 1. The molecule has 8 heteroatoms. The number of aliphatic imine (C=N–C) groups is 1. The van der Waals surface area contributed by atoms with E-state index >= 15 is 0 Å². The number of guanidine groups is 1. The Hall–Kier alpha value is -1.65. The zero-order chi connectivity index (χ0) is 20.9. The quantitative estimate of drug-likeness (QED) is 0.361. The van der Waals surface area contributed by atoms with Crippen LogP contribution in [0.25, 0.3) is 0 Å². The zero-order valence-corrected chi connectivity index (χ0v) is 21.2. The van der Waals surface area contributed by atoms with Gasteiger partial charge in [-0.15, -0.1) is 24.0 Å². The highest BCUT2D eigenvalue weighted by Gasteiger charge is 2.26. The average Bonchev–Trinajstić information content (AvgIpc) is 3.22. The number of nitrogens with zero attached hydrogens (tertiary/aromatic N) is 5. The number of aromatic nitrogens is 2. The van der Waals surface area contributed by atoms with Gasteiger partial charge >= 0.3 is 0 Å². The Morgan fingerprint density at radius 2 is 2.10 bits per heavy atom. The fraction of sp³-hybridized carbons (Fsp3) is 0.565. The summed E-state index contributed by atoms with van der Waals surface area (Å²) in [5.74, 6) is 0.985. The largest absolute Gasteiger partial charge is 0.370 e. The Morgan fingerprint density at radius 1 is 1.29 bits per heavy atom. The standard InChI is InChI=1S/C23H34N6O.HI/c1-4-24-23(29-11-12-30-22(17-29)21-14-26-27(3)15-21)25-13-18(2)28-10-9-19-7-5-6-8-20(19)16-28;/h5-8,14-15,18,22H,4,9-13,16-17H2,1-3H3,(H,24,25);1H. The highest BCUT2D eigenvalue weighted by molar-refractivity contribution is 14.0. The van der Waals surface area contributed by atoms with Crippen LogP contribution in [0, 0.1) is 0 Å². The van der Waals surface area contributed by atoms with Crippen molar-refractivity contribution in [2.24, 2.45) is 12.0 Å². The van der Waals surface area contributed by atoms with Crippen LogP contribution in [0.15, 0.2) is 41.7 Å². The van der Waals surface area contributed by atoms with E-state index < -0.39 is 0 Å². The van der Waals surface area contributed by atoms with Crippen LogP contribution in [0.4, 0.5) is 0 Å². The van der Waals surface area contributed by atoms with Gasteiger partial charge in [0.15, 0.2) is 5.96 Å². The number of aryl methyl sites for hydroxylation is 1. The molecule has 4 rings (SSSR count). The summed E-state index contributed by atoms with van der Waals surface area (Å²) in [7, 11) is 1.94. The van der Waals surface area contributed by atoms with Crippen molar-refractivity contribution in [1.29, 1.82) is 0 Å². The molecule has 0 saturated carbocycles. The Labute approximate surface area is 202 Å². The third-order valence-electron chi connectivity index (χ3n) is 6.09. The van der Waals surface area contributed by atoms with E-state index in [4.69, 9.17) is 9.73 Å². The average molecular weight is 538 g/mol. The zero-order valence-electron chi connectivity index (χ0n) is 18.8. The second kappa shape index (κ2) is 11.3. The monoisotopic (exact) mass is 538 g/mol. The van der Waals surface area contributed by atoms with Gasteiger partial charge in [-0.3, -0.25) is 14.6 Å². The van der Waals surface area contributed by atoms with Crippen LogP contribution in [-0.4, -0.2) is 70.9 Å². The van der Waals surface area contributed by atoms with Gasteiger partial charge in [-0.2, -0.15) is 5.10 Å². The predicted molar refractivity (Wildman–Crippen MR) is 135 cm³/mol. The summed E-state index contributed by atoms with van der Waals surface area (Å²) in [4.78, 5) is 9.89. The van der Waals surface area contributed by atoms with E-state index in [9.17, 15) is 0 Å². The fourth-order valence-electron chi connectivity index (χ4n) is 4.30. The highest BCUT2D eigenvalue weighted by atomic mass is 127. The number of halogens is 1. The molecule has 31 heavy (non-hydrogen) atoms. The molecule has 1 N–H and O–H groups in total. The molecule has 1 saturated heterocycles. The summed E-state index contributed by atoms with van der Waals surface area (Å²) < 4.78 is 7.83. The smallest absolute Gasteiger partial charge is 0.194 e. The molecular weight excluding hydrogens is 503 g/mol. The van der Waals surface area contributed by atoms with E-state index in [0.29, 0.717) is 12.6 Å². The van der Waals surface area contributed by atoms with Crippen molar-refractivity contribution < 1.29 is 4.74 Å². The summed E-state index contributed by atoms with van der Waals surface area (Å²) in [5.41, 5.74) is 4.07. The molecule has 1 aromatic heterocycles. The molecular formula is C23H35IN6O. The van der Waals surface area contributed by atoms with Gasteiger partial charge in [-0.25, -0.2) is 0 Å². The second-order valence-electron chi connectivity index (χ2n) is 8.29. The minimum atomic E-state index is 0. The Kier molecular flexibility index (Phi) is 8.74. The minimum absolute atomic E-state index is 0. The molecule has 0 amide bonds. The van der Waals surface area contributed by atoms with Crippen molar-refractivity contribution >= 4 is 29.9 Å². The second-order valence-corrected chi connectivity index (χ2v) is 8.29. The van der Waals surface area contributed by atoms with Crippen LogP contribution < -0.4 is 5.32 Å². The first-order valence-corrected chi connectivity index (χ1v) is 11.1. The van der Waals surface area contributed by atoms with Crippen molar-refractivity contribution in [3.63, 3.8) is 0 Å². The van der Waals surface area contributed by atoms with Gasteiger partial charge in [0.1, 0.15) is 6.10 Å². The summed E-state index contributed by atoms with van der Waals surface area (Å²) in [6.07, 6.45) is 5.09. The van der Waals surface area contributed by atoms with Crippen molar-refractivity contribution in [2.45, 2.75) is 39.0 Å². The molecule has 2 atom stereocenters. The maximum Gasteiger partial charge on any atom is 0.194 e. The van der Waals surface area contributed by atoms with Crippen molar-refractivity contribution in [3.8, 4) is 0 Å². The molecule has 2 aromatic rings. The lowest BCUT2D eigenvalue weighted by atomic mass is 9.99. The molecule has 3 heterocycles. The van der Waals surface area contributed by atoms with E-state index in [-0.39, 0.29) is 30.1 Å². The molecule has 2 aliphatic rings. The van der Waals surface area contributed by atoms with Crippen LogP contribution in [0.5, 0.6) is 0 Å². The number of ether oxygens (including phenoxy) is 1. The molecule has 2 aliphatic heterocycles. The van der Waals surface area contributed by atoms with Gasteiger partial charge in [0.2, 0.25) is 0 Å². The summed E-state index contributed by atoms with van der Waals surface area (Å²) in [5, 5.41) is 7.78. The van der Waals surface area contributed by atoms with Gasteiger partial charge in [0, 0.05) is 51.0 Å². The van der Waals surface area contributed by atoms with E-state index in [1.807, 2.05) is 24.1 Å². The predicted octanol–water partition coefficient (Wildman–Crippen LogP) is 2.82. The number of hydrogen-bond acceptors (Lipinski definition) is 4. The molecule has 170 valence electrons. The Balaban J connectivity index is 0.00000272. The summed E-state index contributed by atoms with van der Waals surface area (Å²) in [6.45, 7) is 10.5. The number of fused-ring (bicyclic) bond motifs is 1. The molecule has 0 aliphatic carbocycles. The van der Waals surface area contributed by atoms with Crippen LogP contribution in [0.3, 0.4) is 0 Å². The van der Waals surface area contributed by atoms with Gasteiger partial charge in [0.05, 0.1) is 25.9 Å². The van der Waals surface area contributed by atoms with Crippen LogP contribution in [-0.2, 0) is 24.8 Å². The van der Waals surface area contributed by atoms with E-state index in [1.54, 1.807) is 0 Å². The maximum atomic E-state index is 6.00. The maximum absolute atomic E-state index is 6.00. The van der Waals surface area contributed by atoms with Crippen LogP contribution >= 0.6 is 24.0 Å². The van der Waals surface area contributed by atoms with Crippen molar-refractivity contribution in [1.82, 2.24) is 24.9 Å². The lowest BCUT2D eigenvalue weighted by Crippen LogP contribution is -2.48. The number of morpholine rings is 1. The SMILES string of the molecule is CCNC(=NCC(C)N1CCc2ccccc2C1)N1CCOC(c2cnn(C)c2)C1.I.